The predicted molar refractivity (Wildman–Crippen MR) is 66.6 cm³/mol. The smallest absolute Gasteiger partial charge is 0.0586 e. The van der Waals surface area contributed by atoms with Gasteiger partial charge in [-0.1, -0.05) is 13.3 Å². The van der Waals surface area contributed by atoms with Crippen molar-refractivity contribution >= 4 is 0 Å². The summed E-state index contributed by atoms with van der Waals surface area (Å²) in [6.07, 6.45) is 7.76. The molecular weight excluding hydrogens is 202 g/mol. The number of hydrogen-bond donors (Lipinski definition) is 1. The topological polar surface area (TPSA) is 32.7 Å². The number of methoxy groups -OCH3 is 1. The standard InChI is InChI=1S/C13H27NO2/c1-3-4-8-14(9-10-15)12-6-5-7-13(11-12)16-2/h12-13,15H,3-11H2,1-2H3. The molecule has 2 unspecified atom stereocenters. The van der Waals surface area contributed by atoms with Gasteiger partial charge in [0.2, 0.25) is 0 Å². The Kier molecular flexibility index (Phi) is 7.01. The first-order chi connectivity index (χ1) is 7.81. The maximum Gasteiger partial charge on any atom is 0.0586 e. The van der Waals surface area contributed by atoms with E-state index in [1.165, 1.54) is 32.1 Å². The van der Waals surface area contributed by atoms with E-state index in [-0.39, 0.29) is 6.61 Å². The molecule has 16 heavy (non-hydrogen) atoms. The molecule has 1 fully saturated rings. The Morgan fingerprint density at radius 2 is 2.12 bits per heavy atom. The molecule has 2 atom stereocenters. The van der Waals surface area contributed by atoms with Crippen molar-refractivity contribution in [2.24, 2.45) is 0 Å². The summed E-state index contributed by atoms with van der Waals surface area (Å²) in [5.41, 5.74) is 0. The van der Waals surface area contributed by atoms with Crippen LogP contribution in [-0.2, 0) is 4.74 Å². The average Bonchev–Trinajstić information content (AvgIpc) is 2.34. The van der Waals surface area contributed by atoms with Gasteiger partial charge >= 0.3 is 0 Å². The van der Waals surface area contributed by atoms with Crippen molar-refractivity contribution in [2.45, 2.75) is 57.6 Å². The minimum atomic E-state index is 0.276. The van der Waals surface area contributed by atoms with Crippen LogP contribution in [0.25, 0.3) is 0 Å². The fourth-order valence-electron chi connectivity index (χ4n) is 2.63. The maximum absolute atomic E-state index is 9.12. The van der Waals surface area contributed by atoms with Gasteiger partial charge < -0.3 is 9.84 Å². The zero-order valence-corrected chi connectivity index (χ0v) is 10.8. The van der Waals surface area contributed by atoms with E-state index in [4.69, 9.17) is 9.84 Å². The SMILES string of the molecule is CCCCN(CCO)C1CCCC(OC)C1. The Labute approximate surface area is 99.8 Å². The highest BCUT2D eigenvalue weighted by Crippen LogP contribution is 2.24. The maximum atomic E-state index is 9.12. The Morgan fingerprint density at radius 1 is 1.31 bits per heavy atom. The second-order valence-electron chi connectivity index (χ2n) is 4.79. The third-order valence-electron chi connectivity index (χ3n) is 3.63. The highest BCUT2D eigenvalue weighted by atomic mass is 16.5. The number of unbranched alkanes of at least 4 members (excludes halogenated alkanes) is 1. The van der Waals surface area contributed by atoms with E-state index in [1.54, 1.807) is 0 Å². The van der Waals surface area contributed by atoms with Crippen molar-refractivity contribution in [3.05, 3.63) is 0 Å². The monoisotopic (exact) mass is 229 g/mol. The van der Waals surface area contributed by atoms with Gasteiger partial charge in [-0.3, -0.25) is 4.90 Å². The van der Waals surface area contributed by atoms with Crippen LogP contribution >= 0.6 is 0 Å². The van der Waals surface area contributed by atoms with Crippen molar-refractivity contribution in [1.82, 2.24) is 4.90 Å². The van der Waals surface area contributed by atoms with Gasteiger partial charge in [-0.05, 0) is 38.6 Å². The van der Waals surface area contributed by atoms with Crippen LogP contribution in [0.2, 0.25) is 0 Å². The molecule has 1 aliphatic rings. The van der Waals surface area contributed by atoms with Gasteiger partial charge in [0.25, 0.3) is 0 Å². The van der Waals surface area contributed by atoms with Gasteiger partial charge in [0.05, 0.1) is 12.7 Å². The second kappa shape index (κ2) is 8.04. The van der Waals surface area contributed by atoms with Crippen LogP contribution < -0.4 is 0 Å². The number of rotatable bonds is 7. The molecule has 1 N–H and O–H groups in total. The third-order valence-corrected chi connectivity index (χ3v) is 3.63. The molecule has 0 bridgehead atoms. The van der Waals surface area contributed by atoms with Crippen LogP contribution in [0.4, 0.5) is 0 Å². The van der Waals surface area contributed by atoms with Crippen LogP contribution in [0.3, 0.4) is 0 Å². The van der Waals surface area contributed by atoms with Crippen molar-refractivity contribution in [2.75, 3.05) is 26.8 Å². The van der Waals surface area contributed by atoms with Gasteiger partial charge in [0.1, 0.15) is 0 Å². The van der Waals surface area contributed by atoms with Crippen LogP contribution in [0.1, 0.15) is 45.4 Å². The lowest BCUT2D eigenvalue weighted by Gasteiger charge is -2.36. The fourth-order valence-corrected chi connectivity index (χ4v) is 2.63. The molecule has 0 aromatic heterocycles. The van der Waals surface area contributed by atoms with Gasteiger partial charge in [-0.25, -0.2) is 0 Å². The quantitative estimate of drug-likeness (QED) is 0.725. The molecule has 0 aromatic carbocycles. The van der Waals surface area contributed by atoms with Gasteiger partial charge in [0.15, 0.2) is 0 Å². The van der Waals surface area contributed by atoms with E-state index >= 15 is 0 Å². The van der Waals surface area contributed by atoms with Gasteiger partial charge in [-0.2, -0.15) is 0 Å². The summed E-state index contributed by atoms with van der Waals surface area (Å²) in [5.74, 6) is 0. The average molecular weight is 229 g/mol. The Hall–Kier alpha value is -0.120. The molecular formula is C13H27NO2. The summed E-state index contributed by atoms with van der Waals surface area (Å²) in [6.45, 7) is 4.44. The molecule has 0 heterocycles. The van der Waals surface area contributed by atoms with E-state index < -0.39 is 0 Å². The summed E-state index contributed by atoms with van der Waals surface area (Å²) >= 11 is 0. The van der Waals surface area contributed by atoms with Crippen LogP contribution in [0, 0.1) is 0 Å². The molecule has 0 aliphatic heterocycles. The Bertz CT molecular complexity index is 173. The number of aliphatic hydroxyl groups excluding tert-OH is 1. The molecule has 1 rings (SSSR count). The minimum Gasteiger partial charge on any atom is -0.395 e. The first-order valence-electron chi connectivity index (χ1n) is 6.69. The van der Waals surface area contributed by atoms with Crippen molar-refractivity contribution in [1.29, 1.82) is 0 Å². The van der Waals surface area contributed by atoms with E-state index in [0.717, 1.165) is 19.5 Å². The zero-order valence-electron chi connectivity index (χ0n) is 10.8. The largest absolute Gasteiger partial charge is 0.395 e. The molecule has 3 heteroatoms. The number of aliphatic hydroxyl groups is 1. The zero-order chi connectivity index (χ0) is 11.8. The summed E-state index contributed by atoms with van der Waals surface area (Å²) < 4.78 is 5.46. The van der Waals surface area contributed by atoms with Crippen molar-refractivity contribution in [3.63, 3.8) is 0 Å². The van der Waals surface area contributed by atoms with Crippen LogP contribution in [0.5, 0.6) is 0 Å². The third kappa shape index (κ3) is 4.40. The van der Waals surface area contributed by atoms with E-state index in [2.05, 4.69) is 11.8 Å². The van der Waals surface area contributed by atoms with Gasteiger partial charge in [-0.15, -0.1) is 0 Å². The molecule has 0 saturated heterocycles. The van der Waals surface area contributed by atoms with Crippen LogP contribution in [0.15, 0.2) is 0 Å². The lowest BCUT2D eigenvalue weighted by Crippen LogP contribution is -2.42. The number of hydrogen-bond acceptors (Lipinski definition) is 3. The molecule has 0 amide bonds. The molecule has 0 radical (unpaired) electrons. The fraction of sp³-hybridized carbons (Fsp3) is 1.00. The van der Waals surface area contributed by atoms with Crippen molar-refractivity contribution < 1.29 is 9.84 Å². The van der Waals surface area contributed by atoms with Crippen LogP contribution in [-0.4, -0.2) is 49.0 Å². The lowest BCUT2D eigenvalue weighted by atomic mass is 9.91. The summed E-state index contributed by atoms with van der Waals surface area (Å²) in [4.78, 5) is 2.45. The molecule has 96 valence electrons. The molecule has 1 saturated carbocycles. The van der Waals surface area contributed by atoms with Gasteiger partial charge in [0, 0.05) is 19.7 Å². The normalized spacial score (nSPS) is 26.2. The Balaban J connectivity index is 2.41. The first kappa shape index (κ1) is 13.9. The summed E-state index contributed by atoms with van der Waals surface area (Å²) in [7, 11) is 1.81. The summed E-state index contributed by atoms with van der Waals surface area (Å²) in [6, 6.07) is 0.623. The molecule has 1 aliphatic carbocycles. The predicted octanol–water partition coefficient (Wildman–Crippen LogP) is 2.04. The van der Waals surface area contributed by atoms with E-state index in [0.29, 0.717) is 12.1 Å². The summed E-state index contributed by atoms with van der Waals surface area (Å²) in [5, 5.41) is 9.12. The first-order valence-corrected chi connectivity index (χ1v) is 6.69. The van der Waals surface area contributed by atoms with E-state index in [9.17, 15) is 0 Å². The van der Waals surface area contributed by atoms with E-state index in [1.807, 2.05) is 7.11 Å². The molecule has 3 nitrogen and oxygen atoms in total. The highest BCUT2D eigenvalue weighted by Gasteiger charge is 2.25. The Morgan fingerprint density at radius 3 is 2.75 bits per heavy atom. The molecule has 0 aromatic rings. The number of nitrogens with zero attached hydrogens (tertiary/aromatic N) is 1. The minimum absolute atomic E-state index is 0.276. The van der Waals surface area contributed by atoms with Crippen molar-refractivity contribution in [3.8, 4) is 0 Å². The second-order valence-corrected chi connectivity index (χ2v) is 4.79. The number of ether oxygens (including phenoxy) is 1. The highest BCUT2D eigenvalue weighted by molar-refractivity contribution is 4.80. The molecule has 0 spiro atoms. The lowest BCUT2D eigenvalue weighted by molar-refractivity contribution is 0.0229.